The summed E-state index contributed by atoms with van der Waals surface area (Å²) in [6.07, 6.45) is 4.34. The van der Waals surface area contributed by atoms with E-state index in [0.717, 1.165) is 32.1 Å². The fraction of sp³-hybridized carbons (Fsp3) is 0.381. The van der Waals surface area contributed by atoms with Gasteiger partial charge in [-0.15, -0.1) is 0 Å². The number of nitrogens with zero attached hydrogens (tertiary/aromatic N) is 3. The van der Waals surface area contributed by atoms with Crippen LogP contribution < -0.4 is 10.6 Å². The predicted octanol–water partition coefficient (Wildman–Crippen LogP) is 2.13. The zero-order valence-corrected chi connectivity index (χ0v) is 16.2. The molecule has 1 aromatic carbocycles. The van der Waals surface area contributed by atoms with Crippen molar-refractivity contribution in [2.45, 2.75) is 13.0 Å². The van der Waals surface area contributed by atoms with Gasteiger partial charge in [0.25, 0.3) is 0 Å². The number of likely N-dealkylation sites (tertiary alicyclic amines) is 1. The van der Waals surface area contributed by atoms with Crippen LogP contribution in [0.1, 0.15) is 12.0 Å². The molecule has 0 aliphatic carbocycles. The van der Waals surface area contributed by atoms with Crippen LogP contribution in [0.25, 0.3) is 0 Å². The minimum Gasteiger partial charge on any atom is -0.376 e. The molecule has 2 N–H and O–H groups in total. The number of nitrogens with one attached hydrogen (secondary N) is 2. The third-order valence-corrected chi connectivity index (χ3v) is 4.61. The van der Waals surface area contributed by atoms with Gasteiger partial charge in [-0.3, -0.25) is 14.8 Å². The Balaban J connectivity index is 1.38. The number of benzene rings is 1. The first-order valence-electron chi connectivity index (χ1n) is 9.51. The molecule has 1 aliphatic rings. The number of aromatic nitrogens is 1. The van der Waals surface area contributed by atoms with E-state index < -0.39 is 0 Å². The average Bonchev–Trinajstić information content (AvgIpc) is 3.19. The van der Waals surface area contributed by atoms with Crippen molar-refractivity contribution in [3.05, 3.63) is 60.4 Å². The van der Waals surface area contributed by atoms with Crippen LogP contribution in [0.15, 0.2) is 59.9 Å². The van der Waals surface area contributed by atoms with Gasteiger partial charge in [-0.25, -0.2) is 0 Å². The van der Waals surface area contributed by atoms with Crippen molar-refractivity contribution >= 4 is 17.6 Å². The molecule has 2 aromatic rings. The molecule has 0 radical (unpaired) electrons. The molecule has 1 atom stereocenters. The van der Waals surface area contributed by atoms with Crippen LogP contribution in [0.5, 0.6) is 0 Å². The van der Waals surface area contributed by atoms with E-state index in [1.54, 1.807) is 31.6 Å². The predicted molar refractivity (Wildman–Crippen MR) is 110 cm³/mol. The SMILES string of the molecule is CN=C(NCC(=O)Nc1cccnc1)N1CCC(COCc2ccccc2)C1. The summed E-state index contributed by atoms with van der Waals surface area (Å²) in [6, 6.07) is 13.8. The zero-order chi connectivity index (χ0) is 19.6. The first-order valence-corrected chi connectivity index (χ1v) is 9.51. The van der Waals surface area contributed by atoms with E-state index in [2.05, 4.69) is 37.6 Å². The third kappa shape index (κ3) is 6.06. The molecule has 7 heteroatoms. The third-order valence-electron chi connectivity index (χ3n) is 4.61. The Kier molecular flexibility index (Phi) is 7.37. The summed E-state index contributed by atoms with van der Waals surface area (Å²) < 4.78 is 5.87. The van der Waals surface area contributed by atoms with Gasteiger partial charge in [-0.2, -0.15) is 0 Å². The van der Waals surface area contributed by atoms with Gasteiger partial charge in [0.2, 0.25) is 5.91 Å². The first kappa shape index (κ1) is 19.8. The lowest BCUT2D eigenvalue weighted by Crippen LogP contribution is -2.43. The van der Waals surface area contributed by atoms with Crippen molar-refractivity contribution in [2.75, 3.05) is 38.6 Å². The molecule has 1 saturated heterocycles. The number of ether oxygens (including phenoxy) is 1. The molecule has 1 aliphatic heterocycles. The number of amides is 1. The highest BCUT2D eigenvalue weighted by atomic mass is 16.5. The second-order valence-electron chi connectivity index (χ2n) is 6.79. The largest absolute Gasteiger partial charge is 0.376 e. The van der Waals surface area contributed by atoms with Gasteiger partial charge in [0, 0.05) is 32.3 Å². The number of hydrogen-bond acceptors (Lipinski definition) is 4. The van der Waals surface area contributed by atoms with Crippen LogP contribution >= 0.6 is 0 Å². The van der Waals surface area contributed by atoms with Crippen LogP contribution in [-0.2, 0) is 16.1 Å². The smallest absolute Gasteiger partial charge is 0.243 e. The molecule has 2 heterocycles. The normalized spacial score (nSPS) is 16.8. The van der Waals surface area contributed by atoms with Crippen molar-refractivity contribution in [3.8, 4) is 0 Å². The van der Waals surface area contributed by atoms with E-state index in [4.69, 9.17) is 4.74 Å². The number of carbonyl (C=O) groups excluding carboxylic acids is 1. The van der Waals surface area contributed by atoms with E-state index >= 15 is 0 Å². The lowest BCUT2D eigenvalue weighted by Gasteiger charge is -2.21. The molecule has 3 rings (SSSR count). The van der Waals surface area contributed by atoms with Crippen LogP contribution in [0.3, 0.4) is 0 Å². The number of aliphatic imine (C=N–C) groups is 1. The van der Waals surface area contributed by atoms with Crippen molar-refractivity contribution < 1.29 is 9.53 Å². The van der Waals surface area contributed by atoms with Gasteiger partial charge in [-0.1, -0.05) is 30.3 Å². The molecule has 0 bridgehead atoms. The topological polar surface area (TPSA) is 78.8 Å². The van der Waals surface area contributed by atoms with Crippen LogP contribution in [-0.4, -0.2) is 55.0 Å². The van der Waals surface area contributed by atoms with Crippen molar-refractivity contribution in [1.29, 1.82) is 0 Å². The molecule has 0 saturated carbocycles. The van der Waals surface area contributed by atoms with Gasteiger partial charge in [-0.05, 0) is 24.1 Å². The van der Waals surface area contributed by atoms with Crippen molar-refractivity contribution in [2.24, 2.45) is 10.9 Å². The van der Waals surface area contributed by atoms with E-state index in [1.807, 2.05) is 18.2 Å². The fourth-order valence-electron chi connectivity index (χ4n) is 3.21. The number of carbonyl (C=O) groups is 1. The quantitative estimate of drug-likeness (QED) is 0.567. The Bertz CT molecular complexity index is 767. The van der Waals surface area contributed by atoms with Gasteiger partial charge >= 0.3 is 0 Å². The number of hydrogen-bond donors (Lipinski definition) is 2. The zero-order valence-electron chi connectivity index (χ0n) is 16.2. The number of guanidine groups is 1. The van der Waals surface area contributed by atoms with Crippen LogP contribution in [0.4, 0.5) is 5.69 Å². The second kappa shape index (κ2) is 10.4. The maximum absolute atomic E-state index is 12.1. The minimum absolute atomic E-state index is 0.129. The summed E-state index contributed by atoms with van der Waals surface area (Å²) in [5.41, 5.74) is 1.87. The summed E-state index contributed by atoms with van der Waals surface area (Å²) >= 11 is 0. The van der Waals surface area contributed by atoms with E-state index in [-0.39, 0.29) is 12.5 Å². The summed E-state index contributed by atoms with van der Waals surface area (Å²) in [4.78, 5) is 22.6. The molecule has 1 aromatic heterocycles. The van der Waals surface area contributed by atoms with Gasteiger partial charge in [0.05, 0.1) is 31.6 Å². The standard InChI is InChI=1S/C21H27N5O2/c1-22-21(24-13-20(27)25-19-8-5-10-23-12-19)26-11-9-18(14-26)16-28-15-17-6-3-2-4-7-17/h2-8,10,12,18H,9,11,13-16H2,1H3,(H,22,24)(H,25,27). The van der Waals surface area contributed by atoms with Crippen LogP contribution in [0, 0.1) is 5.92 Å². The van der Waals surface area contributed by atoms with E-state index in [9.17, 15) is 4.79 Å². The summed E-state index contributed by atoms with van der Waals surface area (Å²) in [5.74, 6) is 1.08. The second-order valence-corrected chi connectivity index (χ2v) is 6.79. The Morgan fingerprint density at radius 3 is 2.89 bits per heavy atom. The maximum atomic E-state index is 12.1. The monoisotopic (exact) mass is 381 g/mol. The summed E-state index contributed by atoms with van der Waals surface area (Å²) in [5, 5.41) is 5.94. The summed E-state index contributed by atoms with van der Waals surface area (Å²) in [6.45, 7) is 3.30. The molecule has 7 nitrogen and oxygen atoms in total. The minimum atomic E-state index is -0.129. The highest BCUT2D eigenvalue weighted by Gasteiger charge is 2.25. The fourth-order valence-corrected chi connectivity index (χ4v) is 3.21. The highest BCUT2D eigenvalue weighted by molar-refractivity contribution is 5.94. The molecular weight excluding hydrogens is 354 g/mol. The molecule has 0 spiro atoms. The lowest BCUT2D eigenvalue weighted by molar-refractivity contribution is -0.115. The van der Waals surface area contributed by atoms with Gasteiger partial charge in [0.15, 0.2) is 5.96 Å². The van der Waals surface area contributed by atoms with Crippen molar-refractivity contribution in [3.63, 3.8) is 0 Å². The van der Waals surface area contributed by atoms with E-state index in [1.165, 1.54) is 5.56 Å². The Labute approximate surface area is 165 Å². The van der Waals surface area contributed by atoms with Crippen molar-refractivity contribution in [1.82, 2.24) is 15.2 Å². The Morgan fingerprint density at radius 2 is 2.14 bits per heavy atom. The average molecular weight is 381 g/mol. The highest BCUT2D eigenvalue weighted by Crippen LogP contribution is 2.17. The maximum Gasteiger partial charge on any atom is 0.243 e. The van der Waals surface area contributed by atoms with Crippen LogP contribution in [0.2, 0.25) is 0 Å². The number of rotatable bonds is 7. The molecule has 1 amide bonds. The summed E-state index contributed by atoms with van der Waals surface area (Å²) in [7, 11) is 1.74. The molecular formula is C21H27N5O2. The number of pyridine rings is 1. The molecule has 148 valence electrons. The molecule has 28 heavy (non-hydrogen) atoms. The van der Waals surface area contributed by atoms with Gasteiger partial charge in [0.1, 0.15) is 0 Å². The Hall–Kier alpha value is -2.93. The molecule has 1 unspecified atom stereocenters. The Morgan fingerprint density at radius 1 is 1.29 bits per heavy atom. The number of anilines is 1. The van der Waals surface area contributed by atoms with Gasteiger partial charge < -0.3 is 20.3 Å². The first-order chi connectivity index (χ1) is 13.7. The molecule has 1 fully saturated rings. The lowest BCUT2D eigenvalue weighted by atomic mass is 10.1. The van der Waals surface area contributed by atoms with E-state index in [0.29, 0.717) is 18.2 Å².